The third-order valence-electron chi connectivity index (χ3n) is 4.85. The van der Waals surface area contributed by atoms with E-state index in [-0.39, 0.29) is 11.9 Å². The van der Waals surface area contributed by atoms with Crippen molar-refractivity contribution in [3.05, 3.63) is 29.8 Å². The van der Waals surface area contributed by atoms with E-state index in [0.717, 1.165) is 17.2 Å². The molecule has 1 fully saturated rings. The van der Waals surface area contributed by atoms with Crippen LogP contribution in [0.1, 0.15) is 45.6 Å². The number of amides is 1. The molecule has 3 nitrogen and oxygen atoms in total. The molecule has 0 bridgehead atoms. The molecule has 0 radical (unpaired) electrons. The van der Waals surface area contributed by atoms with Gasteiger partial charge in [-0.05, 0) is 49.8 Å². The molecule has 0 aliphatic heterocycles. The summed E-state index contributed by atoms with van der Waals surface area (Å²) >= 11 is 0. The van der Waals surface area contributed by atoms with Crippen LogP contribution in [-0.4, -0.2) is 18.0 Å². The average Bonchev–Trinajstić information content (AvgIpc) is 2.44. The van der Waals surface area contributed by atoms with Crippen molar-refractivity contribution in [1.29, 1.82) is 0 Å². The summed E-state index contributed by atoms with van der Waals surface area (Å²) in [7, 11) is 0. The first-order valence-electron chi connectivity index (χ1n) is 8.11. The molecule has 4 atom stereocenters. The minimum absolute atomic E-state index is 0.0472. The lowest BCUT2D eigenvalue weighted by atomic mass is 9.78. The van der Waals surface area contributed by atoms with Gasteiger partial charge in [-0.15, -0.1) is 0 Å². The van der Waals surface area contributed by atoms with Crippen molar-refractivity contribution in [2.45, 2.75) is 59.0 Å². The number of carbonyl (C=O) groups excluding carboxylic acids is 1. The molecule has 0 saturated heterocycles. The standard InChI is InChI=1S/C18H28N2O/c1-12-7-5-9-16(11-12)20-18(21)15(4)19-17-10-6-8-13(2)14(17)3/h5,7,9,11,13-15,17,19H,6,8,10H2,1-4H3,(H,20,21)/t13-,14-,15+,17-/m0/s1. The van der Waals surface area contributed by atoms with Gasteiger partial charge in [0.05, 0.1) is 6.04 Å². The van der Waals surface area contributed by atoms with Crippen molar-refractivity contribution in [2.24, 2.45) is 11.8 Å². The van der Waals surface area contributed by atoms with Crippen LogP contribution < -0.4 is 10.6 Å². The van der Waals surface area contributed by atoms with Gasteiger partial charge >= 0.3 is 0 Å². The summed E-state index contributed by atoms with van der Waals surface area (Å²) in [5.41, 5.74) is 2.03. The van der Waals surface area contributed by atoms with Crippen LogP contribution in [0.4, 0.5) is 5.69 Å². The molecule has 1 aliphatic carbocycles. The second kappa shape index (κ2) is 7.08. The number of carbonyl (C=O) groups is 1. The van der Waals surface area contributed by atoms with Crippen LogP contribution in [0.5, 0.6) is 0 Å². The van der Waals surface area contributed by atoms with E-state index in [1.165, 1.54) is 19.3 Å². The van der Waals surface area contributed by atoms with E-state index in [0.29, 0.717) is 12.0 Å². The first-order valence-corrected chi connectivity index (χ1v) is 8.11. The van der Waals surface area contributed by atoms with E-state index in [2.05, 4.69) is 24.5 Å². The van der Waals surface area contributed by atoms with E-state index in [1.54, 1.807) is 0 Å². The van der Waals surface area contributed by atoms with Crippen LogP contribution in [-0.2, 0) is 4.79 Å². The van der Waals surface area contributed by atoms with Crippen LogP contribution >= 0.6 is 0 Å². The lowest BCUT2D eigenvalue weighted by Gasteiger charge is -2.36. The van der Waals surface area contributed by atoms with Crippen LogP contribution in [0.3, 0.4) is 0 Å². The van der Waals surface area contributed by atoms with E-state index in [4.69, 9.17) is 0 Å². The number of benzene rings is 1. The summed E-state index contributed by atoms with van der Waals surface area (Å²) in [6, 6.07) is 8.21. The van der Waals surface area contributed by atoms with Gasteiger partial charge in [0.1, 0.15) is 0 Å². The molecule has 1 saturated carbocycles. The molecule has 116 valence electrons. The predicted octanol–water partition coefficient (Wildman–Crippen LogP) is 3.74. The summed E-state index contributed by atoms with van der Waals surface area (Å²) in [6.07, 6.45) is 3.74. The van der Waals surface area contributed by atoms with Gasteiger partial charge < -0.3 is 10.6 Å². The normalized spacial score (nSPS) is 27.1. The monoisotopic (exact) mass is 288 g/mol. The minimum atomic E-state index is -0.164. The molecule has 1 aromatic carbocycles. The van der Waals surface area contributed by atoms with Gasteiger partial charge in [-0.3, -0.25) is 4.79 Å². The highest BCUT2D eigenvalue weighted by molar-refractivity contribution is 5.94. The topological polar surface area (TPSA) is 41.1 Å². The van der Waals surface area contributed by atoms with Gasteiger partial charge in [-0.1, -0.05) is 38.8 Å². The summed E-state index contributed by atoms with van der Waals surface area (Å²) in [5.74, 6) is 1.42. The molecule has 0 heterocycles. The third-order valence-corrected chi connectivity index (χ3v) is 4.85. The summed E-state index contributed by atoms with van der Waals surface area (Å²) < 4.78 is 0. The Morgan fingerprint density at radius 2 is 2.05 bits per heavy atom. The Kier molecular flexibility index (Phi) is 5.40. The van der Waals surface area contributed by atoms with E-state index >= 15 is 0 Å². The molecular formula is C18H28N2O. The molecule has 0 unspecified atom stereocenters. The third kappa shape index (κ3) is 4.31. The maximum absolute atomic E-state index is 12.3. The van der Waals surface area contributed by atoms with Crippen molar-refractivity contribution >= 4 is 11.6 Å². The Hall–Kier alpha value is -1.35. The first-order chi connectivity index (χ1) is 9.97. The van der Waals surface area contributed by atoms with Crippen molar-refractivity contribution in [1.82, 2.24) is 5.32 Å². The van der Waals surface area contributed by atoms with Crippen molar-refractivity contribution < 1.29 is 4.79 Å². The highest BCUT2D eigenvalue weighted by Crippen LogP contribution is 2.29. The van der Waals surface area contributed by atoms with Gasteiger partial charge in [0, 0.05) is 11.7 Å². The van der Waals surface area contributed by atoms with E-state index in [9.17, 15) is 4.79 Å². The Bertz CT molecular complexity index is 486. The van der Waals surface area contributed by atoms with Gasteiger partial charge in [-0.2, -0.15) is 0 Å². The molecule has 0 spiro atoms. The summed E-state index contributed by atoms with van der Waals surface area (Å²) in [5, 5.41) is 6.52. The van der Waals surface area contributed by atoms with Crippen LogP contribution in [0, 0.1) is 18.8 Å². The molecule has 0 aromatic heterocycles. The molecule has 1 amide bonds. The SMILES string of the molecule is Cc1cccc(NC(=O)[C@@H](C)N[C@H]2CCC[C@H](C)[C@@H]2C)c1. The number of rotatable bonds is 4. The van der Waals surface area contributed by atoms with Crippen LogP contribution in [0.2, 0.25) is 0 Å². The molecular weight excluding hydrogens is 260 g/mol. The Labute approximate surface area is 128 Å². The second-order valence-electron chi connectivity index (χ2n) is 6.62. The molecule has 1 aromatic rings. The fourth-order valence-electron chi connectivity index (χ4n) is 3.19. The van der Waals surface area contributed by atoms with Gasteiger partial charge in [0.25, 0.3) is 0 Å². The number of hydrogen-bond donors (Lipinski definition) is 2. The molecule has 21 heavy (non-hydrogen) atoms. The Morgan fingerprint density at radius 3 is 2.76 bits per heavy atom. The zero-order valence-corrected chi connectivity index (χ0v) is 13.6. The van der Waals surface area contributed by atoms with Crippen molar-refractivity contribution in [2.75, 3.05) is 5.32 Å². The molecule has 1 aliphatic rings. The second-order valence-corrected chi connectivity index (χ2v) is 6.62. The van der Waals surface area contributed by atoms with Crippen molar-refractivity contribution in [3.63, 3.8) is 0 Å². The lowest BCUT2D eigenvalue weighted by molar-refractivity contribution is -0.118. The highest BCUT2D eigenvalue weighted by atomic mass is 16.2. The number of anilines is 1. The average molecular weight is 288 g/mol. The van der Waals surface area contributed by atoms with Gasteiger partial charge in [0.15, 0.2) is 0 Å². The van der Waals surface area contributed by atoms with Crippen molar-refractivity contribution in [3.8, 4) is 0 Å². The fourth-order valence-corrected chi connectivity index (χ4v) is 3.19. The number of aryl methyl sites for hydroxylation is 1. The highest BCUT2D eigenvalue weighted by Gasteiger charge is 2.29. The van der Waals surface area contributed by atoms with Gasteiger partial charge in [0.2, 0.25) is 5.91 Å². The fraction of sp³-hybridized carbons (Fsp3) is 0.611. The minimum Gasteiger partial charge on any atom is -0.325 e. The quantitative estimate of drug-likeness (QED) is 0.886. The predicted molar refractivity (Wildman–Crippen MR) is 88.4 cm³/mol. The number of hydrogen-bond acceptors (Lipinski definition) is 2. The maximum Gasteiger partial charge on any atom is 0.241 e. The van der Waals surface area contributed by atoms with Crippen LogP contribution in [0.15, 0.2) is 24.3 Å². The zero-order valence-electron chi connectivity index (χ0n) is 13.6. The van der Waals surface area contributed by atoms with E-state index in [1.807, 2.05) is 38.1 Å². The smallest absolute Gasteiger partial charge is 0.241 e. The molecule has 2 N–H and O–H groups in total. The van der Waals surface area contributed by atoms with Crippen LogP contribution in [0.25, 0.3) is 0 Å². The zero-order chi connectivity index (χ0) is 15.4. The lowest BCUT2D eigenvalue weighted by Crippen LogP contribution is -2.49. The Balaban J connectivity index is 1.90. The molecule has 3 heteroatoms. The Morgan fingerprint density at radius 1 is 1.29 bits per heavy atom. The largest absolute Gasteiger partial charge is 0.325 e. The first kappa shape index (κ1) is 16.0. The summed E-state index contributed by atoms with van der Waals surface area (Å²) in [4.78, 5) is 12.3. The van der Waals surface area contributed by atoms with Gasteiger partial charge in [-0.25, -0.2) is 0 Å². The summed E-state index contributed by atoms with van der Waals surface area (Å²) in [6.45, 7) is 8.60. The number of nitrogens with one attached hydrogen (secondary N) is 2. The van der Waals surface area contributed by atoms with E-state index < -0.39 is 0 Å². The molecule has 2 rings (SSSR count). The maximum atomic E-state index is 12.3.